The van der Waals surface area contributed by atoms with E-state index in [1.54, 1.807) is 16.8 Å². The zero-order chi connectivity index (χ0) is 9.84. The Balaban J connectivity index is 2.84. The smallest absolute Gasteiger partial charge is 0.376 e. The van der Waals surface area contributed by atoms with E-state index in [0.717, 1.165) is 0 Å². The molecule has 0 fully saturated rings. The van der Waals surface area contributed by atoms with Crippen LogP contribution >= 0.6 is 11.3 Å². The van der Waals surface area contributed by atoms with Gasteiger partial charge in [-0.25, -0.2) is 4.79 Å². The lowest BCUT2D eigenvalue weighted by molar-refractivity contribution is -0.146. The zero-order valence-corrected chi connectivity index (χ0v) is 7.25. The number of aliphatic hydroxyl groups is 1. The summed E-state index contributed by atoms with van der Waals surface area (Å²) in [6.07, 6.45) is 0.685. The van der Waals surface area contributed by atoms with Crippen molar-refractivity contribution in [1.82, 2.24) is 0 Å². The predicted molar refractivity (Wildman–Crippen MR) is 47.6 cm³/mol. The molecule has 0 atom stereocenters. The van der Waals surface area contributed by atoms with Crippen LogP contribution in [0, 0.1) is 0 Å². The van der Waals surface area contributed by atoms with Gasteiger partial charge in [0.05, 0.1) is 0 Å². The van der Waals surface area contributed by atoms with Crippen molar-refractivity contribution in [2.24, 2.45) is 0 Å². The number of ketones is 1. The summed E-state index contributed by atoms with van der Waals surface area (Å²) < 4.78 is 0. The van der Waals surface area contributed by atoms with Gasteiger partial charge in [0.15, 0.2) is 0 Å². The van der Waals surface area contributed by atoms with Crippen LogP contribution in [0.25, 0.3) is 5.76 Å². The van der Waals surface area contributed by atoms with Crippen LogP contribution in [0.1, 0.15) is 5.56 Å². The highest BCUT2D eigenvalue weighted by molar-refractivity contribution is 7.08. The molecule has 68 valence electrons. The van der Waals surface area contributed by atoms with E-state index in [-0.39, 0.29) is 5.76 Å². The van der Waals surface area contributed by atoms with Crippen LogP contribution in [-0.4, -0.2) is 22.0 Å². The van der Waals surface area contributed by atoms with Gasteiger partial charge in [-0.05, 0) is 11.4 Å². The van der Waals surface area contributed by atoms with Crippen molar-refractivity contribution in [2.75, 3.05) is 0 Å². The molecule has 1 heterocycles. The molecule has 0 amide bonds. The lowest BCUT2D eigenvalue weighted by Gasteiger charge is -1.92. The first-order valence-corrected chi connectivity index (χ1v) is 4.26. The molecule has 1 aromatic rings. The molecule has 4 nitrogen and oxygen atoms in total. The molecule has 0 bridgehead atoms. The molecule has 1 rings (SSSR count). The third-order valence-corrected chi connectivity index (χ3v) is 1.98. The molecule has 2 N–H and O–H groups in total. The molecule has 0 aliphatic rings. The second-order valence-corrected chi connectivity index (χ2v) is 2.99. The number of aliphatic carboxylic acids is 1. The fraction of sp³-hybridized carbons (Fsp3) is 0. The molecule has 0 saturated carbocycles. The molecule has 0 saturated heterocycles. The number of carboxylic acids is 1. The van der Waals surface area contributed by atoms with E-state index < -0.39 is 11.8 Å². The third kappa shape index (κ3) is 2.41. The van der Waals surface area contributed by atoms with Crippen LogP contribution in [0.15, 0.2) is 22.9 Å². The Labute approximate surface area is 77.8 Å². The average molecular weight is 198 g/mol. The summed E-state index contributed by atoms with van der Waals surface area (Å²) in [7, 11) is 0. The summed E-state index contributed by atoms with van der Waals surface area (Å²) >= 11 is 1.34. The Morgan fingerprint density at radius 3 is 2.54 bits per heavy atom. The van der Waals surface area contributed by atoms with Crippen molar-refractivity contribution < 1.29 is 19.8 Å². The summed E-state index contributed by atoms with van der Waals surface area (Å²) in [5.74, 6) is -3.04. The van der Waals surface area contributed by atoms with E-state index in [9.17, 15) is 14.7 Å². The minimum absolute atomic E-state index is 0.325. The largest absolute Gasteiger partial charge is 0.507 e. The van der Waals surface area contributed by atoms with Crippen molar-refractivity contribution in [2.45, 2.75) is 0 Å². The van der Waals surface area contributed by atoms with Crippen LogP contribution in [0.4, 0.5) is 0 Å². The maximum Gasteiger partial charge on any atom is 0.376 e. The highest BCUT2D eigenvalue weighted by Crippen LogP contribution is 2.14. The van der Waals surface area contributed by atoms with E-state index in [0.29, 0.717) is 11.6 Å². The Kier molecular flexibility index (Phi) is 2.81. The number of thiophene rings is 1. The molecule has 13 heavy (non-hydrogen) atoms. The molecule has 0 aliphatic carbocycles. The van der Waals surface area contributed by atoms with Crippen molar-refractivity contribution >= 4 is 28.8 Å². The van der Waals surface area contributed by atoms with Crippen molar-refractivity contribution in [1.29, 1.82) is 0 Å². The number of hydrogen-bond acceptors (Lipinski definition) is 4. The number of hydrogen-bond donors (Lipinski definition) is 2. The summed E-state index contributed by atoms with van der Waals surface area (Å²) in [6, 6.07) is 1.59. The lowest BCUT2D eigenvalue weighted by atomic mass is 10.2. The quantitative estimate of drug-likeness (QED) is 0.436. The maximum atomic E-state index is 10.6. The highest BCUT2D eigenvalue weighted by Gasteiger charge is 2.10. The predicted octanol–water partition coefficient (Wildman–Crippen LogP) is 1.30. The first-order chi connectivity index (χ1) is 6.11. The second-order valence-electron chi connectivity index (χ2n) is 2.21. The van der Waals surface area contributed by atoms with Gasteiger partial charge in [-0.1, -0.05) is 0 Å². The monoisotopic (exact) mass is 198 g/mol. The van der Waals surface area contributed by atoms with Crippen molar-refractivity contribution in [3.8, 4) is 0 Å². The summed E-state index contributed by atoms with van der Waals surface area (Å²) in [5, 5.41) is 20.8. The standard InChI is InChI=1S/C8H6O4S/c9-6(3-7(10)8(11)12)5-1-2-13-4-5/h1-4,9H,(H,11,12)/b6-3-. The maximum absolute atomic E-state index is 10.6. The molecule has 0 radical (unpaired) electrons. The molecule has 0 spiro atoms. The van der Waals surface area contributed by atoms with Gasteiger partial charge in [-0.3, -0.25) is 4.79 Å². The minimum Gasteiger partial charge on any atom is -0.507 e. The van der Waals surface area contributed by atoms with Gasteiger partial charge >= 0.3 is 5.97 Å². The summed E-state index contributed by atoms with van der Waals surface area (Å²) in [6.45, 7) is 0. The normalized spacial score (nSPS) is 11.2. The summed E-state index contributed by atoms with van der Waals surface area (Å²) in [5.41, 5.74) is 0.444. The van der Waals surface area contributed by atoms with Crippen LogP contribution in [0.5, 0.6) is 0 Å². The Hall–Kier alpha value is -1.62. The van der Waals surface area contributed by atoms with Gasteiger partial charge in [0.2, 0.25) is 0 Å². The molecule has 5 heteroatoms. The summed E-state index contributed by atoms with van der Waals surface area (Å²) in [4.78, 5) is 20.7. The fourth-order valence-corrected chi connectivity index (χ4v) is 1.33. The van der Waals surface area contributed by atoms with Crippen molar-refractivity contribution in [3.63, 3.8) is 0 Å². The molecule has 1 aromatic heterocycles. The molecule has 0 aliphatic heterocycles. The zero-order valence-electron chi connectivity index (χ0n) is 6.43. The third-order valence-electron chi connectivity index (χ3n) is 1.30. The van der Waals surface area contributed by atoms with E-state index in [1.165, 1.54) is 11.3 Å². The Morgan fingerprint density at radius 2 is 2.08 bits per heavy atom. The Morgan fingerprint density at radius 1 is 1.38 bits per heavy atom. The van der Waals surface area contributed by atoms with Crippen LogP contribution in [0.2, 0.25) is 0 Å². The van der Waals surface area contributed by atoms with E-state index in [4.69, 9.17) is 5.11 Å². The van der Waals surface area contributed by atoms with Gasteiger partial charge in [0, 0.05) is 17.0 Å². The number of rotatable bonds is 3. The second kappa shape index (κ2) is 3.86. The Bertz CT molecular complexity index is 350. The molecule has 0 aromatic carbocycles. The van der Waals surface area contributed by atoms with E-state index in [2.05, 4.69) is 0 Å². The van der Waals surface area contributed by atoms with Crippen molar-refractivity contribution in [3.05, 3.63) is 28.5 Å². The first kappa shape index (κ1) is 9.47. The minimum atomic E-state index is -1.58. The fourth-order valence-electron chi connectivity index (χ4n) is 0.679. The van der Waals surface area contributed by atoms with Gasteiger partial charge in [0.1, 0.15) is 5.76 Å². The molecule has 0 unspecified atom stereocenters. The molecular formula is C8H6O4S. The SMILES string of the molecule is O=C(O)C(=O)/C=C(\O)c1ccsc1. The van der Waals surface area contributed by atoms with E-state index >= 15 is 0 Å². The number of carboxylic acid groups (broad SMARTS) is 1. The number of aliphatic hydroxyl groups excluding tert-OH is 1. The van der Waals surface area contributed by atoms with Crippen LogP contribution < -0.4 is 0 Å². The highest BCUT2D eigenvalue weighted by atomic mass is 32.1. The lowest BCUT2D eigenvalue weighted by Crippen LogP contribution is -2.09. The van der Waals surface area contributed by atoms with Crippen LogP contribution in [-0.2, 0) is 9.59 Å². The number of carbonyl (C=O) groups is 2. The first-order valence-electron chi connectivity index (χ1n) is 3.31. The van der Waals surface area contributed by atoms with Gasteiger partial charge in [0.25, 0.3) is 5.78 Å². The number of carbonyl (C=O) groups excluding carboxylic acids is 1. The topological polar surface area (TPSA) is 74.6 Å². The van der Waals surface area contributed by atoms with Crippen LogP contribution in [0.3, 0.4) is 0 Å². The van der Waals surface area contributed by atoms with Gasteiger partial charge in [-0.2, -0.15) is 11.3 Å². The van der Waals surface area contributed by atoms with Gasteiger partial charge < -0.3 is 10.2 Å². The van der Waals surface area contributed by atoms with Gasteiger partial charge in [-0.15, -0.1) is 0 Å². The molecular weight excluding hydrogens is 192 g/mol. The van der Waals surface area contributed by atoms with E-state index in [1.807, 2.05) is 0 Å². The average Bonchev–Trinajstić information content (AvgIpc) is 2.55.